The molecule has 0 fully saturated rings. The Kier molecular flexibility index (Phi) is 6.23. The molecule has 0 aliphatic heterocycles. The fourth-order valence-electron chi connectivity index (χ4n) is 3.50. The van der Waals surface area contributed by atoms with Crippen LogP contribution < -0.4 is 10.1 Å². The number of rotatable bonds is 7. The van der Waals surface area contributed by atoms with Gasteiger partial charge in [0.1, 0.15) is 0 Å². The highest BCUT2D eigenvalue weighted by Crippen LogP contribution is 2.31. The second-order valence-electron chi connectivity index (χ2n) is 7.80. The van der Waals surface area contributed by atoms with Crippen molar-refractivity contribution in [3.05, 3.63) is 53.8 Å². The summed E-state index contributed by atoms with van der Waals surface area (Å²) in [5, 5.41) is 12.7. The van der Waals surface area contributed by atoms with Crippen LogP contribution in [0.2, 0.25) is 5.15 Å². The molecule has 1 amide bonds. The Labute approximate surface area is 174 Å². The molecule has 152 valence electrons. The van der Waals surface area contributed by atoms with Crippen LogP contribution in [0.15, 0.2) is 48.7 Å². The average Bonchev–Trinajstić information content (AvgIpc) is 2.65. The third kappa shape index (κ3) is 5.35. The first-order chi connectivity index (χ1) is 13.7. The number of nitrogens with one attached hydrogen (secondary N) is 1. The smallest absolute Gasteiger partial charge is 0.405 e. The lowest BCUT2D eigenvalue weighted by atomic mass is 9.92. The van der Waals surface area contributed by atoms with Crippen molar-refractivity contribution in [2.45, 2.75) is 32.7 Å². The van der Waals surface area contributed by atoms with Gasteiger partial charge in [-0.2, -0.15) is 0 Å². The maximum atomic E-state index is 10.9. The fourth-order valence-corrected chi connectivity index (χ4v) is 3.71. The van der Waals surface area contributed by atoms with E-state index >= 15 is 0 Å². The molecule has 0 saturated heterocycles. The maximum absolute atomic E-state index is 10.9. The summed E-state index contributed by atoms with van der Waals surface area (Å²) in [4.78, 5) is 19.8. The standard InChI is InChI=1S/C22H24ClN3O3/c1-14(12-22(2,3)26-21(27)28)13-29-19-9-8-18(25-20(19)23)16-10-11-24-17-7-5-4-6-15(16)17/h4-11,14,26H,12-13H2,1-3H3,(H,27,28). The first-order valence-corrected chi connectivity index (χ1v) is 9.77. The van der Waals surface area contributed by atoms with Crippen molar-refractivity contribution in [1.29, 1.82) is 0 Å². The zero-order valence-corrected chi connectivity index (χ0v) is 17.4. The Morgan fingerprint density at radius 3 is 2.72 bits per heavy atom. The van der Waals surface area contributed by atoms with Gasteiger partial charge in [0.15, 0.2) is 10.9 Å². The summed E-state index contributed by atoms with van der Waals surface area (Å²) in [6.07, 6.45) is 1.35. The van der Waals surface area contributed by atoms with Crippen LogP contribution in [0, 0.1) is 5.92 Å². The highest BCUT2D eigenvalue weighted by atomic mass is 35.5. The summed E-state index contributed by atoms with van der Waals surface area (Å²) in [5.74, 6) is 0.626. The van der Waals surface area contributed by atoms with Crippen LogP contribution in [0.1, 0.15) is 27.2 Å². The predicted molar refractivity (Wildman–Crippen MR) is 114 cm³/mol. The minimum atomic E-state index is -1.03. The number of carboxylic acid groups (broad SMARTS) is 1. The zero-order valence-electron chi connectivity index (χ0n) is 16.6. The van der Waals surface area contributed by atoms with Gasteiger partial charge in [0.25, 0.3) is 0 Å². The van der Waals surface area contributed by atoms with Gasteiger partial charge in [-0.3, -0.25) is 4.98 Å². The van der Waals surface area contributed by atoms with Crippen LogP contribution in [0.25, 0.3) is 22.2 Å². The summed E-state index contributed by atoms with van der Waals surface area (Å²) in [5.41, 5.74) is 2.07. The summed E-state index contributed by atoms with van der Waals surface area (Å²) >= 11 is 6.37. The number of ether oxygens (including phenoxy) is 1. The molecule has 0 radical (unpaired) electrons. The minimum absolute atomic E-state index is 0.122. The Morgan fingerprint density at radius 1 is 1.24 bits per heavy atom. The summed E-state index contributed by atoms with van der Waals surface area (Å²) in [6, 6.07) is 13.5. The van der Waals surface area contributed by atoms with Crippen molar-refractivity contribution in [3.63, 3.8) is 0 Å². The van der Waals surface area contributed by atoms with E-state index in [1.807, 2.05) is 63.2 Å². The van der Waals surface area contributed by atoms with Gasteiger partial charge in [-0.15, -0.1) is 0 Å². The summed E-state index contributed by atoms with van der Waals surface area (Å²) in [6.45, 7) is 6.10. The van der Waals surface area contributed by atoms with E-state index in [1.54, 1.807) is 6.20 Å². The van der Waals surface area contributed by atoms with Gasteiger partial charge < -0.3 is 15.2 Å². The zero-order chi connectivity index (χ0) is 21.0. The van der Waals surface area contributed by atoms with Crippen molar-refractivity contribution < 1.29 is 14.6 Å². The number of hydrogen-bond donors (Lipinski definition) is 2. The van der Waals surface area contributed by atoms with E-state index in [2.05, 4.69) is 15.3 Å². The SMILES string of the molecule is CC(COc1ccc(-c2ccnc3ccccc23)nc1Cl)CC(C)(C)NC(=O)O. The Morgan fingerprint density at radius 2 is 2.00 bits per heavy atom. The lowest BCUT2D eigenvalue weighted by Crippen LogP contribution is -2.44. The quantitative estimate of drug-likeness (QED) is 0.506. The van der Waals surface area contributed by atoms with Crippen molar-refractivity contribution in [2.24, 2.45) is 5.92 Å². The number of benzene rings is 1. The molecule has 2 aromatic heterocycles. The Bertz CT molecular complexity index is 1020. The third-order valence-electron chi connectivity index (χ3n) is 4.57. The first-order valence-electron chi connectivity index (χ1n) is 9.40. The number of aromatic nitrogens is 2. The molecule has 0 bridgehead atoms. The van der Waals surface area contributed by atoms with Crippen LogP contribution in [-0.2, 0) is 0 Å². The average molecular weight is 414 g/mol. The van der Waals surface area contributed by atoms with Crippen LogP contribution in [0.5, 0.6) is 5.75 Å². The molecule has 7 heteroatoms. The molecule has 3 rings (SSSR count). The van der Waals surface area contributed by atoms with E-state index in [4.69, 9.17) is 21.4 Å². The number of amides is 1. The molecule has 0 aliphatic carbocycles. The molecule has 1 atom stereocenters. The molecule has 6 nitrogen and oxygen atoms in total. The van der Waals surface area contributed by atoms with Gasteiger partial charge >= 0.3 is 6.09 Å². The Hall–Kier alpha value is -2.86. The molecule has 1 aromatic carbocycles. The van der Waals surface area contributed by atoms with Gasteiger partial charge in [0.05, 0.1) is 17.8 Å². The van der Waals surface area contributed by atoms with Crippen molar-refractivity contribution in [1.82, 2.24) is 15.3 Å². The molecule has 0 saturated carbocycles. The number of nitrogens with zero attached hydrogens (tertiary/aromatic N) is 2. The third-order valence-corrected chi connectivity index (χ3v) is 4.84. The van der Waals surface area contributed by atoms with Crippen LogP contribution in [0.4, 0.5) is 4.79 Å². The lowest BCUT2D eigenvalue weighted by molar-refractivity contribution is 0.169. The number of para-hydroxylation sites is 1. The summed E-state index contributed by atoms with van der Waals surface area (Å²) in [7, 11) is 0. The molecule has 2 heterocycles. The van der Waals surface area contributed by atoms with Crippen LogP contribution in [-0.4, -0.2) is 33.3 Å². The topological polar surface area (TPSA) is 84.3 Å². The van der Waals surface area contributed by atoms with Crippen molar-refractivity contribution >= 4 is 28.6 Å². The molecule has 0 spiro atoms. The molecule has 2 N–H and O–H groups in total. The molecule has 29 heavy (non-hydrogen) atoms. The van der Waals surface area contributed by atoms with Gasteiger partial charge in [0.2, 0.25) is 0 Å². The molecular weight excluding hydrogens is 390 g/mol. The van der Waals surface area contributed by atoms with Gasteiger partial charge in [0, 0.05) is 22.7 Å². The molecule has 3 aromatic rings. The molecular formula is C22H24ClN3O3. The van der Waals surface area contributed by atoms with E-state index in [1.165, 1.54) is 0 Å². The largest absolute Gasteiger partial charge is 0.490 e. The number of fused-ring (bicyclic) bond motifs is 1. The highest BCUT2D eigenvalue weighted by molar-refractivity contribution is 6.31. The second kappa shape index (κ2) is 8.66. The van der Waals surface area contributed by atoms with Gasteiger partial charge in [-0.1, -0.05) is 36.7 Å². The maximum Gasteiger partial charge on any atom is 0.405 e. The van der Waals surface area contributed by atoms with E-state index < -0.39 is 11.6 Å². The number of pyridine rings is 2. The normalized spacial score (nSPS) is 12.6. The molecule has 0 aliphatic rings. The van der Waals surface area contributed by atoms with E-state index in [0.29, 0.717) is 23.9 Å². The highest BCUT2D eigenvalue weighted by Gasteiger charge is 2.23. The van der Waals surface area contributed by atoms with Gasteiger partial charge in [-0.25, -0.2) is 9.78 Å². The van der Waals surface area contributed by atoms with E-state index in [9.17, 15) is 4.79 Å². The minimum Gasteiger partial charge on any atom is -0.490 e. The number of carbonyl (C=O) groups is 1. The summed E-state index contributed by atoms with van der Waals surface area (Å²) < 4.78 is 5.85. The monoisotopic (exact) mass is 413 g/mol. The van der Waals surface area contributed by atoms with Crippen molar-refractivity contribution in [3.8, 4) is 17.0 Å². The predicted octanol–water partition coefficient (Wildman–Crippen LogP) is 5.40. The van der Waals surface area contributed by atoms with Crippen LogP contribution >= 0.6 is 11.6 Å². The fraction of sp³-hybridized carbons (Fsp3) is 0.318. The van der Waals surface area contributed by atoms with Crippen molar-refractivity contribution in [2.75, 3.05) is 6.61 Å². The van der Waals surface area contributed by atoms with E-state index in [-0.39, 0.29) is 5.92 Å². The Balaban J connectivity index is 1.71. The van der Waals surface area contributed by atoms with Crippen LogP contribution in [0.3, 0.4) is 0 Å². The first kappa shape index (κ1) is 20.9. The van der Waals surface area contributed by atoms with Gasteiger partial charge in [-0.05, 0) is 50.5 Å². The second-order valence-corrected chi connectivity index (χ2v) is 8.15. The number of hydrogen-bond acceptors (Lipinski definition) is 4. The van der Waals surface area contributed by atoms with E-state index in [0.717, 1.165) is 22.2 Å². The lowest BCUT2D eigenvalue weighted by Gasteiger charge is -2.28. The number of halogens is 1. The molecule has 1 unspecified atom stereocenters.